The molecule has 2 aliphatic heterocycles. The molecular weight excluding hydrogens is 398 g/mol. The van der Waals surface area contributed by atoms with E-state index in [-0.39, 0.29) is 12.1 Å². The minimum Gasteiger partial charge on any atom is -0.485 e. The van der Waals surface area contributed by atoms with Crippen LogP contribution in [0.25, 0.3) is 11.1 Å². The van der Waals surface area contributed by atoms with Gasteiger partial charge in [-0.1, -0.05) is 31.2 Å². The summed E-state index contributed by atoms with van der Waals surface area (Å²) < 4.78 is 13.9. The van der Waals surface area contributed by atoms with E-state index < -0.39 is 10.7 Å². The maximum atomic E-state index is 12.9. The van der Waals surface area contributed by atoms with Crippen molar-refractivity contribution in [3.05, 3.63) is 47.5 Å². The van der Waals surface area contributed by atoms with Gasteiger partial charge < -0.3 is 9.47 Å². The van der Waals surface area contributed by atoms with Crippen molar-refractivity contribution < 1.29 is 14.3 Å². The van der Waals surface area contributed by atoms with Crippen molar-refractivity contribution in [1.29, 1.82) is 0 Å². The van der Waals surface area contributed by atoms with Crippen molar-refractivity contribution in [2.45, 2.75) is 38.2 Å². The van der Waals surface area contributed by atoms with E-state index >= 15 is 0 Å². The molecule has 2 amide bonds. The van der Waals surface area contributed by atoms with Gasteiger partial charge in [-0.3, -0.25) is 14.9 Å². The second kappa shape index (κ2) is 8.41. The number of nitrogens with zero attached hydrogens (tertiary/aromatic N) is 2. The number of urea groups is 1. The molecule has 0 aromatic heterocycles. The van der Waals surface area contributed by atoms with Crippen LogP contribution in [0.4, 0.5) is 4.79 Å². The number of nitrogens with two attached hydrogens (primary N) is 1. The number of carbonyl (C=O) groups is 1. The molecule has 0 saturated heterocycles. The zero-order chi connectivity index (χ0) is 21.4. The summed E-state index contributed by atoms with van der Waals surface area (Å²) in [7, 11) is 1.05. The molecule has 2 atom stereocenters. The summed E-state index contributed by atoms with van der Waals surface area (Å²) in [5.74, 6) is 0.769. The molecule has 0 aliphatic carbocycles. The van der Waals surface area contributed by atoms with Gasteiger partial charge in [0, 0.05) is 13.7 Å². The van der Waals surface area contributed by atoms with Crippen molar-refractivity contribution >= 4 is 21.8 Å². The standard InChI is InChI=1S/C23H29N3O3S/c1-5-11-28-14-18-13-26-23(27)25(4)22(24)30(26)21-12-17(9-10-20(21)29-18)19-8-6-7-15(2)16(19)3/h6-10,12,18H,5,11,13-14,24H2,1-4H3/t18-,30?/m0/s1. The van der Waals surface area contributed by atoms with Crippen molar-refractivity contribution in [3.63, 3.8) is 0 Å². The maximum absolute atomic E-state index is 12.9. The summed E-state index contributed by atoms with van der Waals surface area (Å²) in [6.45, 7) is 7.89. The highest BCUT2D eigenvalue weighted by atomic mass is 32.2. The van der Waals surface area contributed by atoms with Crippen molar-refractivity contribution in [2.75, 3.05) is 26.8 Å². The monoisotopic (exact) mass is 427 g/mol. The Hall–Kier alpha value is -2.35. The number of benzene rings is 2. The number of ether oxygens (including phenoxy) is 2. The molecule has 2 aliphatic rings. The van der Waals surface area contributed by atoms with E-state index in [1.54, 1.807) is 11.9 Å². The molecule has 2 aromatic rings. The molecule has 0 radical (unpaired) electrons. The lowest BCUT2D eigenvalue weighted by atomic mass is 9.97. The topological polar surface area (TPSA) is 68.0 Å². The summed E-state index contributed by atoms with van der Waals surface area (Å²) in [5, 5.41) is 0.554. The van der Waals surface area contributed by atoms with Crippen LogP contribution >= 0.6 is 10.7 Å². The third kappa shape index (κ3) is 3.62. The van der Waals surface area contributed by atoms with Crippen LogP contribution in [0.3, 0.4) is 0 Å². The van der Waals surface area contributed by atoms with E-state index in [0.717, 1.165) is 22.6 Å². The zero-order valence-electron chi connectivity index (χ0n) is 18.0. The zero-order valence-corrected chi connectivity index (χ0v) is 18.8. The van der Waals surface area contributed by atoms with Crippen LogP contribution in [0.5, 0.6) is 5.75 Å². The second-order valence-corrected chi connectivity index (χ2v) is 9.62. The van der Waals surface area contributed by atoms with Crippen molar-refractivity contribution in [2.24, 2.45) is 5.73 Å². The lowest BCUT2D eigenvalue weighted by molar-refractivity contribution is 0.0450. The summed E-state index contributed by atoms with van der Waals surface area (Å²) in [4.78, 5) is 15.4. The molecule has 0 spiro atoms. The van der Waals surface area contributed by atoms with Crippen molar-refractivity contribution in [1.82, 2.24) is 9.21 Å². The largest absolute Gasteiger partial charge is 0.485 e. The second-order valence-electron chi connectivity index (χ2n) is 7.75. The minimum atomic E-state index is -0.683. The first-order valence-corrected chi connectivity index (χ1v) is 11.5. The number of hydrogen-bond acceptors (Lipinski definition) is 4. The van der Waals surface area contributed by atoms with Crippen LogP contribution in [-0.2, 0) is 4.74 Å². The average molecular weight is 428 g/mol. The summed E-state index contributed by atoms with van der Waals surface area (Å²) in [6.07, 6.45) is 0.710. The number of amides is 2. The quantitative estimate of drug-likeness (QED) is 0.576. The minimum absolute atomic E-state index is 0.0927. The van der Waals surface area contributed by atoms with E-state index in [0.29, 0.717) is 24.9 Å². The molecule has 0 fully saturated rings. The molecule has 1 unspecified atom stereocenters. The summed E-state index contributed by atoms with van der Waals surface area (Å²) in [6, 6.07) is 12.4. The molecule has 30 heavy (non-hydrogen) atoms. The Balaban J connectivity index is 1.81. The third-order valence-corrected chi connectivity index (χ3v) is 7.78. The SMILES string of the molecule is CCCOC[C@@H]1CN2C(=O)N(C)C(N)=S2c2cc(-c3cccc(C)c3C)ccc2O1. The molecular formula is C23H29N3O3S. The molecule has 7 heteroatoms. The van der Waals surface area contributed by atoms with Crippen LogP contribution in [0, 0.1) is 13.8 Å². The number of hydrogen-bond donors (Lipinski definition) is 1. The van der Waals surface area contributed by atoms with Gasteiger partial charge in [0.1, 0.15) is 17.0 Å². The number of fused-ring (bicyclic) bond motifs is 3. The Morgan fingerprint density at radius 2 is 2.07 bits per heavy atom. The van der Waals surface area contributed by atoms with Crippen LogP contribution in [0.2, 0.25) is 0 Å². The van der Waals surface area contributed by atoms with E-state index in [1.165, 1.54) is 16.7 Å². The number of aryl methyl sites for hydroxylation is 1. The Morgan fingerprint density at radius 3 is 2.83 bits per heavy atom. The van der Waals surface area contributed by atoms with Crippen LogP contribution < -0.4 is 10.5 Å². The average Bonchev–Trinajstić information content (AvgIpc) is 2.87. The Morgan fingerprint density at radius 1 is 1.27 bits per heavy atom. The Kier molecular flexibility index (Phi) is 5.86. The van der Waals surface area contributed by atoms with E-state index in [9.17, 15) is 4.79 Å². The Bertz CT molecular complexity index is 1020. The third-order valence-electron chi connectivity index (χ3n) is 5.63. The number of carbonyl (C=O) groups excluding carboxylic acids is 1. The summed E-state index contributed by atoms with van der Waals surface area (Å²) in [5.41, 5.74) is 11.2. The van der Waals surface area contributed by atoms with Crippen molar-refractivity contribution in [3.8, 4) is 16.9 Å². The van der Waals surface area contributed by atoms with Crippen LogP contribution in [0.15, 0.2) is 41.3 Å². The fraction of sp³-hybridized carbons (Fsp3) is 0.391. The molecule has 2 heterocycles. The van der Waals surface area contributed by atoms with Crippen LogP contribution in [0.1, 0.15) is 24.5 Å². The Labute approximate surface area is 180 Å². The fourth-order valence-electron chi connectivity index (χ4n) is 3.80. The first-order valence-electron chi connectivity index (χ1n) is 10.3. The van der Waals surface area contributed by atoms with Gasteiger partial charge in [0.25, 0.3) is 0 Å². The van der Waals surface area contributed by atoms with Gasteiger partial charge in [0.2, 0.25) is 0 Å². The van der Waals surface area contributed by atoms with Gasteiger partial charge in [0.15, 0.2) is 0 Å². The molecule has 4 rings (SSSR count). The van der Waals surface area contributed by atoms with E-state index in [2.05, 4.69) is 51.1 Å². The molecule has 160 valence electrons. The molecule has 2 aromatic carbocycles. The highest BCUT2D eigenvalue weighted by molar-refractivity contribution is 8.14. The van der Waals surface area contributed by atoms with Gasteiger partial charge in [0.05, 0.1) is 18.0 Å². The van der Waals surface area contributed by atoms with E-state index in [1.807, 2.05) is 10.4 Å². The smallest absolute Gasteiger partial charge is 0.335 e. The van der Waals surface area contributed by atoms with Gasteiger partial charge in [-0.25, -0.2) is 4.79 Å². The predicted octanol–water partition coefficient (Wildman–Crippen LogP) is 4.11. The lowest BCUT2D eigenvalue weighted by Gasteiger charge is -2.22. The van der Waals surface area contributed by atoms with Gasteiger partial charge in [-0.15, -0.1) is 0 Å². The molecule has 2 N–H and O–H groups in total. The van der Waals surface area contributed by atoms with Gasteiger partial charge in [-0.05, 0) is 65.3 Å². The summed E-state index contributed by atoms with van der Waals surface area (Å²) >= 11 is 0. The highest BCUT2D eigenvalue weighted by Gasteiger charge is 2.39. The van der Waals surface area contributed by atoms with Gasteiger partial charge >= 0.3 is 6.03 Å². The molecule has 0 bridgehead atoms. The first kappa shape index (κ1) is 20.9. The predicted molar refractivity (Wildman–Crippen MR) is 122 cm³/mol. The molecule has 0 saturated carbocycles. The lowest BCUT2D eigenvalue weighted by Crippen LogP contribution is -2.40. The van der Waals surface area contributed by atoms with Crippen LogP contribution in [-0.4, -0.2) is 53.3 Å². The van der Waals surface area contributed by atoms with E-state index in [4.69, 9.17) is 15.2 Å². The normalized spacial score (nSPS) is 20.7. The maximum Gasteiger partial charge on any atom is 0.335 e. The molecule has 6 nitrogen and oxygen atoms in total. The number of rotatable bonds is 5. The highest BCUT2D eigenvalue weighted by Crippen LogP contribution is 2.46. The fourth-order valence-corrected chi connectivity index (χ4v) is 5.97. The first-order chi connectivity index (χ1) is 14.4. The van der Waals surface area contributed by atoms with Gasteiger partial charge in [-0.2, -0.15) is 0 Å².